The fraction of sp³-hybridized carbons (Fsp3) is 0.455. The van der Waals surface area contributed by atoms with Crippen molar-refractivity contribution in [2.75, 3.05) is 5.32 Å². The van der Waals surface area contributed by atoms with Gasteiger partial charge >= 0.3 is 0 Å². The van der Waals surface area contributed by atoms with E-state index in [0.29, 0.717) is 16.1 Å². The number of fused-ring (bicyclic) bond motifs is 3. The number of nitrogens with zero attached hydrogens (tertiary/aromatic N) is 3. The van der Waals surface area contributed by atoms with Crippen LogP contribution in [0.5, 0.6) is 0 Å². The minimum Gasteiger partial charge on any atom is -0.324 e. The number of rotatable bonds is 5. The molecule has 1 aromatic carbocycles. The number of hydrogen-bond donors (Lipinski definition) is 1. The minimum atomic E-state index is -0.255. The lowest BCUT2D eigenvalue weighted by molar-refractivity contribution is -0.117. The van der Waals surface area contributed by atoms with Crippen LogP contribution < -0.4 is 10.9 Å². The lowest BCUT2D eigenvalue weighted by Gasteiger charge is -2.17. The van der Waals surface area contributed by atoms with Crippen molar-refractivity contribution in [1.29, 1.82) is 0 Å². The number of thiophene rings is 1. The summed E-state index contributed by atoms with van der Waals surface area (Å²) in [5.41, 5.74) is 3.94. The van der Waals surface area contributed by atoms with Gasteiger partial charge in [0.1, 0.15) is 6.54 Å². The third kappa shape index (κ3) is 3.71. The van der Waals surface area contributed by atoms with Gasteiger partial charge in [-0.1, -0.05) is 44.2 Å². The van der Waals surface area contributed by atoms with Crippen LogP contribution in [-0.2, 0) is 37.0 Å². The van der Waals surface area contributed by atoms with Crippen LogP contribution in [-0.4, -0.2) is 20.9 Å². The van der Waals surface area contributed by atoms with E-state index in [0.717, 1.165) is 54.5 Å². The van der Waals surface area contributed by atoms with Gasteiger partial charge in [0.05, 0.1) is 5.39 Å². The molecule has 0 unspecified atom stereocenters. The molecule has 0 radical (unpaired) electrons. The standard InChI is InChI=1S/C22H26N4O2S/c1-4-14-7-6-8-15(5-2)20(14)23-18(27)12-26-22(28)19-16-10-9-13(3)11-17(16)29-21(19)24-25-26/h6-8,13H,4-5,9-12H2,1-3H3,(H,23,27)/t13-/m1/s1. The number of nitrogens with one attached hydrogen (secondary N) is 1. The molecule has 0 saturated heterocycles. The highest BCUT2D eigenvalue weighted by Gasteiger charge is 2.24. The molecule has 1 amide bonds. The first-order valence-corrected chi connectivity index (χ1v) is 11.1. The summed E-state index contributed by atoms with van der Waals surface area (Å²) in [7, 11) is 0. The first kappa shape index (κ1) is 19.8. The van der Waals surface area contributed by atoms with E-state index in [1.807, 2.05) is 18.2 Å². The molecule has 0 aliphatic heterocycles. The first-order valence-electron chi connectivity index (χ1n) is 10.3. The van der Waals surface area contributed by atoms with E-state index in [9.17, 15) is 9.59 Å². The Balaban J connectivity index is 1.63. The van der Waals surface area contributed by atoms with E-state index < -0.39 is 0 Å². The molecular weight excluding hydrogens is 384 g/mol. The summed E-state index contributed by atoms with van der Waals surface area (Å²) < 4.78 is 1.20. The fourth-order valence-corrected chi connectivity index (χ4v) is 5.43. The first-order chi connectivity index (χ1) is 14.0. The van der Waals surface area contributed by atoms with Crippen LogP contribution in [0.4, 0.5) is 5.69 Å². The van der Waals surface area contributed by atoms with E-state index in [1.165, 1.54) is 9.56 Å². The molecule has 0 bridgehead atoms. The molecule has 152 valence electrons. The molecule has 29 heavy (non-hydrogen) atoms. The van der Waals surface area contributed by atoms with Crippen LogP contribution in [0.25, 0.3) is 10.2 Å². The van der Waals surface area contributed by atoms with Crippen molar-refractivity contribution in [3.8, 4) is 0 Å². The normalized spacial score (nSPS) is 16.0. The maximum atomic E-state index is 13.1. The Hall–Kier alpha value is -2.54. The number of aryl methyl sites for hydroxylation is 3. The summed E-state index contributed by atoms with van der Waals surface area (Å²) in [6.45, 7) is 6.23. The molecule has 3 aromatic rings. The van der Waals surface area contributed by atoms with Gasteiger partial charge in [0, 0.05) is 10.6 Å². The molecule has 0 spiro atoms. The highest BCUT2D eigenvalue weighted by atomic mass is 32.1. The summed E-state index contributed by atoms with van der Waals surface area (Å²) >= 11 is 1.57. The van der Waals surface area contributed by atoms with Crippen molar-refractivity contribution in [1.82, 2.24) is 15.0 Å². The maximum Gasteiger partial charge on any atom is 0.279 e. The van der Waals surface area contributed by atoms with Gasteiger partial charge in [-0.05, 0) is 54.7 Å². The average Bonchev–Trinajstić information content (AvgIpc) is 3.08. The summed E-state index contributed by atoms with van der Waals surface area (Å²) in [5.74, 6) is 0.372. The zero-order chi connectivity index (χ0) is 20.5. The van der Waals surface area contributed by atoms with Gasteiger partial charge in [-0.3, -0.25) is 9.59 Å². The van der Waals surface area contributed by atoms with Gasteiger partial charge in [0.2, 0.25) is 5.91 Å². The van der Waals surface area contributed by atoms with E-state index in [1.54, 1.807) is 11.3 Å². The lowest BCUT2D eigenvalue weighted by Crippen LogP contribution is -2.31. The monoisotopic (exact) mass is 410 g/mol. The molecule has 7 heteroatoms. The van der Waals surface area contributed by atoms with Crippen molar-refractivity contribution in [3.63, 3.8) is 0 Å². The second kappa shape index (κ2) is 8.06. The molecule has 0 fully saturated rings. The van der Waals surface area contributed by atoms with Gasteiger partial charge in [-0.2, -0.15) is 0 Å². The van der Waals surface area contributed by atoms with Crippen molar-refractivity contribution < 1.29 is 4.79 Å². The van der Waals surface area contributed by atoms with Gasteiger partial charge in [-0.25, -0.2) is 4.68 Å². The zero-order valence-electron chi connectivity index (χ0n) is 17.1. The maximum absolute atomic E-state index is 13.1. The number of benzene rings is 1. The van der Waals surface area contributed by atoms with Crippen molar-refractivity contribution in [2.45, 2.75) is 59.4 Å². The lowest BCUT2D eigenvalue weighted by atomic mass is 9.89. The Morgan fingerprint density at radius 2 is 2.00 bits per heavy atom. The van der Waals surface area contributed by atoms with Crippen molar-refractivity contribution >= 4 is 33.1 Å². The number of carbonyl (C=O) groups excluding carboxylic acids is 1. The molecule has 1 aliphatic carbocycles. The number of hydrogen-bond acceptors (Lipinski definition) is 5. The molecule has 1 N–H and O–H groups in total. The van der Waals surface area contributed by atoms with Crippen LogP contribution in [0, 0.1) is 5.92 Å². The van der Waals surface area contributed by atoms with E-state index in [-0.39, 0.29) is 18.0 Å². The molecule has 0 saturated carbocycles. The molecule has 4 rings (SSSR count). The Bertz CT molecular complexity index is 1110. The topological polar surface area (TPSA) is 76.9 Å². The predicted molar refractivity (Wildman–Crippen MR) is 117 cm³/mol. The van der Waals surface area contributed by atoms with Gasteiger partial charge in [-0.15, -0.1) is 16.4 Å². The van der Waals surface area contributed by atoms with E-state index in [4.69, 9.17) is 0 Å². The Morgan fingerprint density at radius 1 is 1.28 bits per heavy atom. The quantitative estimate of drug-likeness (QED) is 0.695. The molecule has 6 nitrogen and oxygen atoms in total. The molecule has 1 aliphatic rings. The Labute approximate surface area is 173 Å². The summed E-state index contributed by atoms with van der Waals surface area (Å²) in [6, 6.07) is 6.05. The molecule has 2 heterocycles. The third-order valence-corrected chi connectivity index (χ3v) is 6.88. The number of anilines is 1. The smallest absolute Gasteiger partial charge is 0.279 e. The molecule has 2 aromatic heterocycles. The molecule has 1 atom stereocenters. The van der Waals surface area contributed by atoms with Crippen LogP contribution in [0.15, 0.2) is 23.0 Å². The van der Waals surface area contributed by atoms with Crippen molar-refractivity contribution in [2.24, 2.45) is 5.92 Å². The van der Waals surface area contributed by atoms with Gasteiger partial charge < -0.3 is 5.32 Å². The minimum absolute atomic E-state index is 0.135. The summed E-state index contributed by atoms with van der Waals surface area (Å²) in [5, 5.41) is 11.9. The number of carbonyl (C=O) groups is 1. The van der Waals surface area contributed by atoms with Crippen LogP contribution >= 0.6 is 11.3 Å². The van der Waals surface area contributed by atoms with Crippen LogP contribution in [0.1, 0.15) is 48.8 Å². The number of aromatic nitrogens is 3. The SMILES string of the molecule is CCc1cccc(CC)c1NC(=O)Cn1nnc2sc3c(c2c1=O)CC[C@@H](C)C3. The Kier molecular flexibility index (Phi) is 5.50. The zero-order valence-corrected chi connectivity index (χ0v) is 17.9. The average molecular weight is 411 g/mol. The van der Waals surface area contributed by atoms with E-state index >= 15 is 0 Å². The fourth-order valence-electron chi connectivity index (χ4n) is 4.11. The van der Waals surface area contributed by atoms with Crippen LogP contribution in [0.3, 0.4) is 0 Å². The summed E-state index contributed by atoms with van der Waals surface area (Å²) in [6.07, 6.45) is 4.62. The Morgan fingerprint density at radius 3 is 2.69 bits per heavy atom. The third-order valence-electron chi connectivity index (χ3n) is 5.74. The van der Waals surface area contributed by atoms with Crippen molar-refractivity contribution in [3.05, 3.63) is 50.1 Å². The molecular formula is C22H26N4O2S. The number of para-hydroxylation sites is 1. The largest absolute Gasteiger partial charge is 0.324 e. The highest BCUT2D eigenvalue weighted by Crippen LogP contribution is 2.35. The predicted octanol–water partition coefficient (Wildman–Crippen LogP) is 3.74. The van der Waals surface area contributed by atoms with Gasteiger partial charge in [0.15, 0.2) is 4.83 Å². The van der Waals surface area contributed by atoms with E-state index in [2.05, 4.69) is 36.4 Å². The van der Waals surface area contributed by atoms with Gasteiger partial charge in [0.25, 0.3) is 5.56 Å². The second-order valence-corrected chi connectivity index (χ2v) is 8.87. The van der Waals surface area contributed by atoms with Crippen LogP contribution in [0.2, 0.25) is 0 Å². The summed E-state index contributed by atoms with van der Waals surface area (Å²) in [4.78, 5) is 27.7. The highest BCUT2D eigenvalue weighted by molar-refractivity contribution is 7.18. The second-order valence-electron chi connectivity index (χ2n) is 7.79. The number of amides is 1.